The Morgan fingerprint density at radius 1 is 1.42 bits per heavy atom. The minimum atomic E-state index is -0.312. The van der Waals surface area contributed by atoms with Gasteiger partial charge in [-0.15, -0.1) is 0 Å². The number of ether oxygens (including phenoxy) is 1. The summed E-state index contributed by atoms with van der Waals surface area (Å²) in [4.78, 5) is 12.0. The average molecular weight is 257 g/mol. The molecule has 19 heavy (non-hydrogen) atoms. The number of nitrogens with one attached hydrogen (secondary N) is 1. The molecule has 1 aromatic heterocycles. The van der Waals surface area contributed by atoms with Crippen molar-refractivity contribution in [1.82, 2.24) is 9.78 Å². The molecule has 0 bridgehead atoms. The third kappa shape index (κ3) is 2.66. The lowest BCUT2D eigenvalue weighted by Crippen LogP contribution is -2.26. The molecular weight excluding hydrogens is 242 g/mol. The summed E-state index contributed by atoms with van der Waals surface area (Å²) in [6, 6.07) is 9.44. The van der Waals surface area contributed by atoms with E-state index in [9.17, 15) is 4.79 Å². The maximum absolute atomic E-state index is 12.0. The van der Waals surface area contributed by atoms with E-state index < -0.39 is 0 Å². The van der Waals surface area contributed by atoms with E-state index in [4.69, 9.17) is 4.74 Å². The van der Waals surface area contributed by atoms with Crippen LogP contribution < -0.4 is 5.32 Å². The van der Waals surface area contributed by atoms with E-state index >= 15 is 0 Å². The van der Waals surface area contributed by atoms with Crippen LogP contribution in [0.25, 0.3) is 5.69 Å². The summed E-state index contributed by atoms with van der Waals surface area (Å²) < 4.78 is 7.11. The molecule has 0 spiro atoms. The van der Waals surface area contributed by atoms with E-state index in [0.29, 0.717) is 6.61 Å². The number of hydrogen-bond donors (Lipinski definition) is 1. The Morgan fingerprint density at radius 2 is 2.37 bits per heavy atom. The van der Waals surface area contributed by atoms with Crippen molar-refractivity contribution in [2.45, 2.75) is 18.9 Å². The van der Waals surface area contributed by atoms with Crippen LogP contribution in [0.3, 0.4) is 0 Å². The third-order valence-corrected chi connectivity index (χ3v) is 3.10. The van der Waals surface area contributed by atoms with Gasteiger partial charge in [-0.05, 0) is 37.1 Å². The summed E-state index contributed by atoms with van der Waals surface area (Å²) in [5.41, 5.74) is 1.67. The quantitative estimate of drug-likeness (QED) is 0.914. The Labute approximate surface area is 111 Å². The molecule has 2 heterocycles. The Hall–Kier alpha value is -2.14. The first-order valence-electron chi connectivity index (χ1n) is 6.35. The minimum Gasteiger partial charge on any atom is -0.368 e. The van der Waals surface area contributed by atoms with Crippen molar-refractivity contribution >= 4 is 11.6 Å². The zero-order valence-electron chi connectivity index (χ0n) is 10.5. The Bertz CT molecular complexity index is 560. The number of amides is 1. The second kappa shape index (κ2) is 5.24. The summed E-state index contributed by atoms with van der Waals surface area (Å²) >= 11 is 0. The number of hydrogen-bond acceptors (Lipinski definition) is 3. The van der Waals surface area contributed by atoms with E-state index in [0.717, 1.165) is 24.2 Å². The predicted octanol–water partition coefficient (Wildman–Crippen LogP) is 1.99. The van der Waals surface area contributed by atoms with Crippen LogP contribution in [0.5, 0.6) is 0 Å². The van der Waals surface area contributed by atoms with Crippen LogP contribution >= 0.6 is 0 Å². The number of benzene rings is 1. The number of carbonyl (C=O) groups is 1. The fraction of sp³-hybridized carbons (Fsp3) is 0.286. The van der Waals surface area contributed by atoms with Crippen LogP contribution in [-0.4, -0.2) is 28.4 Å². The minimum absolute atomic E-state index is 0.0740. The van der Waals surface area contributed by atoms with Gasteiger partial charge in [0.15, 0.2) is 0 Å². The van der Waals surface area contributed by atoms with Gasteiger partial charge in [-0.2, -0.15) is 5.10 Å². The van der Waals surface area contributed by atoms with Crippen LogP contribution in [0.4, 0.5) is 5.69 Å². The van der Waals surface area contributed by atoms with E-state index in [2.05, 4.69) is 10.4 Å². The number of nitrogens with zero attached hydrogens (tertiary/aromatic N) is 2. The average Bonchev–Trinajstić information content (AvgIpc) is 3.13. The fourth-order valence-corrected chi connectivity index (χ4v) is 2.15. The molecule has 0 saturated carbocycles. The van der Waals surface area contributed by atoms with Gasteiger partial charge in [-0.1, -0.05) is 6.07 Å². The molecule has 0 aliphatic carbocycles. The molecule has 1 saturated heterocycles. The molecule has 1 amide bonds. The Kier molecular flexibility index (Phi) is 3.29. The third-order valence-electron chi connectivity index (χ3n) is 3.10. The van der Waals surface area contributed by atoms with E-state index in [1.807, 2.05) is 36.5 Å². The highest BCUT2D eigenvalue weighted by Crippen LogP contribution is 2.17. The molecule has 1 aliphatic rings. The van der Waals surface area contributed by atoms with Crippen LogP contribution in [0.15, 0.2) is 42.7 Å². The van der Waals surface area contributed by atoms with Gasteiger partial charge >= 0.3 is 0 Å². The normalized spacial score (nSPS) is 18.4. The summed E-state index contributed by atoms with van der Waals surface area (Å²) in [6.45, 7) is 0.672. The van der Waals surface area contributed by atoms with Crippen LogP contribution in [0, 0.1) is 0 Å². The summed E-state index contributed by atoms with van der Waals surface area (Å²) in [6.07, 6.45) is 5.02. The standard InChI is InChI=1S/C14H15N3O2/c18-14(13-6-2-9-19-13)16-11-4-1-5-12(10-11)17-8-3-7-15-17/h1,3-5,7-8,10,13H,2,6,9H2,(H,16,18)/t13-/m1/s1. The van der Waals surface area contributed by atoms with Crippen LogP contribution in [-0.2, 0) is 9.53 Å². The molecule has 98 valence electrons. The monoisotopic (exact) mass is 257 g/mol. The first-order valence-corrected chi connectivity index (χ1v) is 6.35. The van der Waals surface area contributed by atoms with Crippen molar-refractivity contribution in [3.8, 4) is 5.69 Å². The van der Waals surface area contributed by atoms with Gasteiger partial charge in [0.1, 0.15) is 6.10 Å². The molecular formula is C14H15N3O2. The topological polar surface area (TPSA) is 56.2 Å². The van der Waals surface area contributed by atoms with Gasteiger partial charge in [0.25, 0.3) is 5.91 Å². The molecule has 0 unspecified atom stereocenters. The van der Waals surface area contributed by atoms with Gasteiger partial charge in [-0.25, -0.2) is 4.68 Å². The molecule has 0 radical (unpaired) electrons. The van der Waals surface area contributed by atoms with Crippen molar-refractivity contribution in [1.29, 1.82) is 0 Å². The SMILES string of the molecule is O=C(Nc1cccc(-n2cccn2)c1)[C@H]1CCCO1. The van der Waals surface area contributed by atoms with Crippen molar-refractivity contribution in [3.63, 3.8) is 0 Å². The lowest BCUT2D eigenvalue weighted by molar-refractivity contribution is -0.124. The maximum Gasteiger partial charge on any atom is 0.253 e. The van der Waals surface area contributed by atoms with Crippen molar-refractivity contribution in [2.75, 3.05) is 11.9 Å². The lowest BCUT2D eigenvalue weighted by Gasteiger charge is -2.11. The summed E-state index contributed by atoms with van der Waals surface area (Å²) in [5.74, 6) is -0.0740. The van der Waals surface area contributed by atoms with Crippen LogP contribution in [0.1, 0.15) is 12.8 Å². The Morgan fingerprint density at radius 3 is 3.11 bits per heavy atom. The van der Waals surface area contributed by atoms with Gasteiger partial charge in [0.05, 0.1) is 5.69 Å². The molecule has 1 aliphatic heterocycles. The zero-order valence-corrected chi connectivity index (χ0v) is 10.5. The van der Waals surface area contributed by atoms with Crippen LogP contribution in [0.2, 0.25) is 0 Å². The molecule has 5 nitrogen and oxygen atoms in total. The second-order valence-corrected chi connectivity index (χ2v) is 4.49. The molecule has 1 N–H and O–H groups in total. The first kappa shape index (κ1) is 11.9. The van der Waals surface area contributed by atoms with E-state index in [1.54, 1.807) is 10.9 Å². The highest BCUT2D eigenvalue weighted by Gasteiger charge is 2.23. The second-order valence-electron chi connectivity index (χ2n) is 4.49. The van der Waals surface area contributed by atoms with Crippen molar-refractivity contribution in [3.05, 3.63) is 42.7 Å². The molecule has 1 aromatic carbocycles. The zero-order chi connectivity index (χ0) is 13.1. The van der Waals surface area contributed by atoms with Gasteiger partial charge < -0.3 is 10.1 Å². The molecule has 2 aromatic rings. The van der Waals surface area contributed by atoms with Gasteiger partial charge in [0.2, 0.25) is 0 Å². The summed E-state index contributed by atoms with van der Waals surface area (Å²) in [5, 5.41) is 7.04. The molecule has 5 heteroatoms. The smallest absolute Gasteiger partial charge is 0.253 e. The number of aromatic nitrogens is 2. The number of rotatable bonds is 3. The molecule has 1 atom stereocenters. The molecule has 1 fully saturated rings. The van der Waals surface area contributed by atoms with E-state index in [1.165, 1.54) is 0 Å². The highest BCUT2D eigenvalue weighted by molar-refractivity contribution is 5.94. The maximum atomic E-state index is 12.0. The van der Waals surface area contributed by atoms with Gasteiger partial charge in [0, 0.05) is 24.7 Å². The lowest BCUT2D eigenvalue weighted by atomic mass is 10.2. The van der Waals surface area contributed by atoms with E-state index in [-0.39, 0.29) is 12.0 Å². The number of carbonyl (C=O) groups excluding carboxylic acids is 1. The Balaban J connectivity index is 1.74. The van der Waals surface area contributed by atoms with Gasteiger partial charge in [-0.3, -0.25) is 4.79 Å². The predicted molar refractivity (Wildman–Crippen MR) is 71.2 cm³/mol. The highest BCUT2D eigenvalue weighted by atomic mass is 16.5. The fourth-order valence-electron chi connectivity index (χ4n) is 2.15. The van der Waals surface area contributed by atoms with Crippen molar-refractivity contribution in [2.24, 2.45) is 0 Å². The van der Waals surface area contributed by atoms with Crippen molar-refractivity contribution < 1.29 is 9.53 Å². The first-order chi connectivity index (χ1) is 9.33. The molecule has 3 rings (SSSR count). The number of anilines is 1. The summed E-state index contributed by atoms with van der Waals surface area (Å²) in [7, 11) is 0. The largest absolute Gasteiger partial charge is 0.368 e.